The number of carbonyl (C=O) groups is 1. The highest BCUT2D eigenvalue weighted by atomic mass is 16.1. The minimum Gasteiger partial charge on any atom is -0.326 e. The van der Waals surface area contributed by atoms with Crippen molar-refractivity contribution < 1.29 is 4.79 Å². The van der Waals surface area contributed by atoms with Crippen LogP contribution in [0.4, 0.5) is 5.69 Å². The van der Waals surface area contributed by atoms with E-state index < -0.39 is 0 Å². The smallest absolute Gasteiger partial charge is 0.224 e. The molecule has 30 heavy (non-hydrogen) atoms. The number of anilines is 1. The predicted molar refractivity (Wildman–Crippen MR) is 128 cm³/mol. The molecule has 0 saturated heterocycles. The lowest BCUT2D eigenvalue weighted by Gasteiger charge is -2.07. The lowest BCUT2D eigenvalue weighted by atomic mass is 10.0. The number of carbonyl (C=O) groups excluding carboxylic acids is 1. The SMILES string of the molecule is CCCCCCCCCCCCCCCC(=O)Nc1ccc2nc(C)c(C)nc2c1. The van der Waals surface area contributed by atoms with Gasteiger partial charge in [0.2, 0.25) is 5.91 Å². The van der Waals surface area contributed by atoms with Crippen LogP contribution in [0.5, 0.6) is 0 Å². The number of hydrogen-bond donors (Lipinski definition) is 1. The number of fused-ring (bicyclic) bond motifs is 1. The van der Waals surface area contributed by atoms with Crippen LogP contribution in [0.3, 0.4) is 0 Å². The van der Waals surface area contributed by atoms with Crippen molar-refractivity contribution in [2.24, 2.45) is 0 Å². The first-order valence-electron chi connectivity index (χ1n) is 12.1. The average molecular weight is 412 g/mol. The van der Waals surface area contributed by atoms with Gasteiger partial charge in [0, 0.05) is 12.1 Å². The third kappa shape index (κ3) is 9.23. The fourth-order valence-corrected chi connectivity index (χ4v) is 3.84. The van der Waals surface area contributed by atoms with Gasteiger partial charge in [0.15, 0.2) is 0 Å². The van der Waals surface area contributed by atoms with E-state index in [-0.39, 0.29) is 5.91 Å². The number of aryl methyl sites for hydroxylation is 2. The van der Waals surface area contributed by atoms with E-state index in [1.165, 1.54) is 70.6 Å². The molecule has 1 aromatic heterocycles. The van der Waals surface area contributed by atoms with Crippen molar-refractivity contribution in [1.82, 2.24) is 9.97 Å². The summed E-state index contributed by atoms with van der Waals surface area (Å²) in [5.41, 5.74) is 4.38. The summed E-state index contributed by atoms with van der Waals surface area (Å²) in [7, 11) is 0. The van der Waals surface area contributed by atoms with E-state index in [0.717, 1.165) is 41.0 Å². The summed E-state index contributed by atoms with van der Waals surface area (Å²) in [4.78, 5) is 21.3. The molecule has 0 fully saturated rings. The molecule has 1 heterocycles. The maximum absolute atomic E-state index is 12.2. The molecule has 4 nitrogen and oxygen atoms in total. The first kappa shape index (κ1) is 24.3. The monoisotopic (exact) mass is 411 g/mol. The molecule has 0 aliphatic rings. The largest absolute Gasteiger partial charge is 0.326 e. The molecule has 1 aromatic carbocycles. The molecule has 1 amide bonds. The van der Waals surface area contributed by atoms with Crippen molar-refractivity contribution in [3.05, 3.63) is 29.6 Å². The Balaban J connectivity index is 1.51. The summed E-state index contributed by atoms with van der Waals surface area (Å²) >= 11 is 0. The Labute approximate surface area is 183 Å². The van der Waals surface area contributed by atoms with Gasteiger partial charge in [-0.2, -0.15) is 0 Å². The lowest BCUT2D eigenvalue weighted by Crippen LogP contribution is -2.11. The summed E-state index contributed by atoms with van der Waals surface area (Å²) in [5, 5.41) is 3.00. The zero-order chi connectivity index (χ0) is 21.6. The van der Waals surface area contributed by atoms with Crippen LogP contribution in [0, 0.1) is 13.8 Å². The molecule has 0 bridgehead atoms. The molecule has 0 spiro atoms. The van der Waals surface area contributed by atoms with Gasteiger partial charge in [0.05, 0.1) is 22.4 Å². The quantitative estimate of drug-likeness (QED) is 0.306. The van der Waals surface area contributed by atoms with Crippen LogP contribution in [0.25, 0.3) is 11.0 Å². The first-order valence-corrected chi connectivity index (χ1v) is 12.1. The Hall–Kier alpha value is -1.97. The van der Waals surface area contributed by atoms with Crippen LogP contribution >= 0.6 is 0 Å². The van der Waals surface area contributed by atoms with Crippen LogP contribution in [0.2, 0.25) is 0 Å². The van der Waals surface area contributed by atoms with Gasteiger partial charge in [-0.1, -0.05) is 84.0 Å². The van der Waals surface area contributed by atoms with Crippen LogP contribution in [-0.2, 0) is 4.79 Å². The van der Waals surface area contributed by atoms with Crippen LogP contribution in [0.15, 0.2) is 18.2 Å². The minimum absolute atomic E-state index is 0.0919. The number of amides is 1. The molecule has 1 N–H and O–H groups in total. The maximum Gasteiger partial charge on any atom is 0.224 e. The highest BCUT2D eigenvalue weighted by Gasteiger charge is 2.06. The fourth-order valence-electron chi connectivity index (χ4n) is 3.84. The van der Waals surface area contributed by atoms with Gasteiger partial charge >= 0.3 is 0 Å². The molecule has 0 radical (unpaired) electrons. The third-order valence-electron chi connectivity index (χ3n) is 5.87. The second-order valence-corrected chi connectivity index (χ2v) is 8.64. The summed E-state index contributed by atoms with van der Waals surface area (Å²) in [6.45, 7) is 6.20. The average Bonchev–Trinajstić information content (AvgIpc) is 2.72. The Morgan fingerprint density at radius 3 is 1.80 bits per heavy atom. The van der Waals surface area contributed by atoms with Crippen molar-refractivity contribution in [3.8, 4) is 0 Å². The number of benzene rings is 1. The van der Waals surface area contributed by atoms with Crippen LogP contribution < -0.4 is 5.32 Å². The third-order valence-corrected chi connectivity index (χ3v) is 5.87. The zero-order valence-corrected chi connectivity index (χ0v) is 19.4. The highest BCUT2D eigenvalue weighted by Crippen LogP contribution is 2.18. The van der Waals surface area contributed by atoms with Crippen LogP contribution in [-0.4, -0.2) is 15.9 Å². The summed E-state index contributed by atoms with van der Waals surface area (Å²) in [6, 6.07) is 5.75. The molecule has 166 valence electrons. The zero-order valence-electron chi connectivity index (χ0n) is 19.4. The molecule has 0 atom stereocenters. The first-order chi connectivity index (χ1) is 14.6. The van der Waals surface area contributed by atoms with Crippen molar-refractivity contribution in [2.75, 3.05) is 5.32 Å². The number of nitrogens with zero attached hydrogens (tertiary/aromatic N) is 2. The molecule has 2 aromatic rings. The molecular weight excluding hydrogens is 370 g/mol. The van der Waals surface area contributed by atoms with Gasteiger partial charge in [-0.15, -0.1) is 0 Å². The Morgan fingerprint density at radius 2 is 1.23 bits per heavy atom. The Bertz CT molecular complexity index is 772. The predicted octanol–water partition coefficient (Wildman–Crippen LogP) is 7.67. The van der Waals surface area contributed by atoms with E-state index in [1.54, 1.807) is 0 Å². The molecule has 0 unspecified atom stereocenters. The van der Waals surface area contributed by atoms with Gasteiger partial charge in [-0.3, -0.25) is 4.79 Å². The van der Waals surface area contributed by atoms with Gasteiger partial charge in [0.25, 0.3) is 0 Å². The van der Waals surface area contributed by atoms with E-state index in [9.17, 15) is 4.79 Å². The Morgan fingerprint density at radius 1 is 0.733 bits per heavy atom. The molecule has 0 aliphatic heterocycles. The summed E-state index contributed by atoms with van der Waals surface area (Å²) in [6.07, 6.45) is 17.7. The number of aromatic nitrogens is 2. The van der Waals surface area contributed by atoms with Gasteiger partial charge in [-0.05, 0) is 38.5 Å². The molecule has 2 rings (SSSR count). The van der Waals surface area contributed by atoms with E-state index in [2.05, 4.69) is 22.2 Å². The van der Waals surface area contributed by atoms with Crippen molar-refractivity contribution in [3.63, 3.8) is 0 Å². The van der Waals surface area contributed by atoms with Crippen molar-refractivity contribution >= 4 is 22.6 Å². The van der Waals surface area contributed by atoms with Crippen molar-refractivity contribution in [2.45, 2.75) is 111 Å². The summed E-state index contributed by atoms with van der Waals surface area (Å²) in [5.74, 6) is 0.0919. The number of rotatable bonds is 15. The number of nitrogens with one attached hydrogen (secondary N) is 1. The van der Waals surface area contributed by atoms with E-state index >= 15 is 0 Å². The minimum atomic E-state index is 0.0919. The molecular formula is C26H41N3O. The standard InChI is InChI=1S/C26H41N3O/c1-4-5-6-7-8-9-10-11-12-13-14-15-16-17-26(30)29-23-18-19-24-25(20-23)28-22(3)21(2)27-24/h18-20H,4-17H2,1-3H3,(H,29,30). The number of unbranched alkanes of at least 4 members (excludes halogenated alkanes) is 12. The van der Waals surface area contributed by atoms with E-state index in [4.69, 9.17) is 0 Å². The second kappa shape index (κ2) is 14.1. The van der Waals surface area contributed by atoms with Crippen LogP contribution in [0.1, 0.15) is 108 Å². The second-order valence-electron chi connectivity index (χ2n) is 8.64. The highest BCUT2D eigenvalue weighted by molar-refractivity contribution is 5.92. The fraction of sp³-hybridized carbons (Fsp3) is 0.654. The normalized spacial score (nSPS) is 11.2. The van der Waals surface area contributed by atoms with E-state index in [0.29, 0.717) is 6.42 Å². The maximum atomic E-state index is 12.2. The van der Waals surface area contributed by atoms with Gasteiger partial charge in [0.1, 0.15) is 0 Å². The van der Waals surface area contributed by atoms with Gasteiger partial charge in [-0.25, -0.2) is 9.97 Å². The van der Waals surface area contributed by atoms with Gasteiger partial charge < -0.3 is 5.32 Å². The van der Waals surface area contributed by atoms with E-state index in [1.807, 2.05) is 32.0 Å². The van der Waals surface area contributed by atoms with Crippen molar-refractivity contribution in [1.29, 1.82) is 0 Å². The molecule has 0 aliphatic carbocycles. The molecule has 0 saturated carbocycles. The lowest BCUT2D eigenvalue weighted by molar-refractivity contribution is -0.116. The topological polar surface area (TPSA) is 54.9 Å². The Kier molecular flexibility index (Phi) is 11.4. The number of hydrogen-bond acceptors (Lipinski definition) is 3. The summed E-state index contributed by atoms with van der Waals surface area (Å²) < 4.78 is 0. The molecule has 4 heteroatoms.